The van der Waals surface area contributed by atoms with Gasteiger partial charge in [0.25, 0.3) is 0 Å². The number of rotatable bonds is 13. The van der Waals surface area contributed by atoms with Crippen molar-refractivity contribution in [3.8, 4) is 0 Å². The molecule has 0 aromatic heterocycles. The van der Waals surface area contributed by atoms with E-state index in [1.54, 1.807) is 6.92 Å². The SMILES string of the molecule is CCC(C)C(NC(=O)C(C)N)C(=O)NC(C)C(=O)NC(CCCCN)C(=O)O. The van der Waals surface area contributed by atoms with Gasteiger partial charge in [-0.25, -0.2) is 4.79 Å². The summed E-state index contributed by atoms with van der Waals surface area (Å²) in [6, 6.07) is -3.65. The molecule has 28 heavy (non-hydrogen) atoms. The fourth-order valence-corrected chi connectivity index (χ4v) is 2.40. The summed E-state index contributed by atoms with van der Waals surface area (Å²) in [6.45, 7) is 7.07. The number of hydrogen-bond acceptors (Lipinski definition) is 6. The van der Waals surface area contributed by atoms with Crippen LogP contribution in [0.4, 0.5) is 0 Å². The lowest BCUT2D eigenvalue weighted by atomic mass is 9.97. The average Bonchev–Trinajstić information content (AvgIpc) is 2.63. The lowest BCUT2D eigenvalue weighted by Crippen LogP contribution is -2.57. The van der Waals surface area contributed by atoms with Gasteiger partial charge in [0.1, 0.15) is 18.1 Å². The van der Waals surface area contributed by atoms with Crippen molar-refractivity contribution in [2.45, 2.75) is 77.5 Å². The highest BCUT2D eigenvalue weighted by Crippen LogP contribution is 2.09. The molecule has 0 heterocycles. The quantitative estimate of drug-likeness (QED) is 0.216. The highest BCUT2D eigenvalue weighted by atomic mass is 16.4. The van der Waals surface area contributed by atoms with Gasteiger partial charge in [0, 0.05) is 0 Å². The highest BCUT2D eigenvalue weighted by molar-refractivity contribution is 5.93. The first-order chi connectivity index (χ1) is 13.0. The van der Waals surface area contributed by atoms with E-state index in [1.165, 1.54) is 13.8 Å². The fourth-order valence-electron chi connectivity index (χ4n) is 2.40. The zero-order valence-corrected chi connectivity index (χ0v) is 17.2. The first-order valence-electron chi connectivity index (χ1n) is 9.64. The smallest absolute Gasteiger partial charge is 0.326 e. The summed E-state index contributed by atoms with van der Waals surface area (Å²) in [6.07, 6.45) is 2.09. The Bertz CT molecular complexity index is 540. The third-order valence-electron chi connectivity index (χ3n) is 4.52. The maximum atomic E-state index is 12.6. The van der Waals surface area contributed by atoms with E-state index < -0.39 is 47.9 Å². The van der Waals surface area contributed by atoms with Crippen molar-refractivity contribution in [1.82, 2.24) is 16.0 Å². The van der Waals surface area contributed by atoms with E-state index in [4.69, 9.17) is 11.5 Å². The second-order valence-electron chi connectivity index (χ2n) is 7.07. The van der Waals surface area contributed by atoms with Crippen LogP contribution in [0.3, 0.4) is 0 Å². The van der Waals surface area contributed by atoms with E-state index in [0.29, 0.717) is 25.8 Å². The standard InChI is InChI=1S/C18H35N5O5/c1-5-10(2)14(23-15(24)11(3)20)17(26)21-12(4)16(25)22-13(18(27)28)8-6-7-9-19/h10-14H,5-9,19-20H2,1-4H3,(H,21,26)(H,22,25)(H,23,24)(H,27,28). The normalized spacial score (nSPS) is 16.2. The number of aliphatic carboxylic acids is 1. The van der Waals surface area contributed by atoms with E-state index in [-0.39, 0.29) is 12.3 Å². The van der Waals surface area contributed by atoms with Gasteiger partial charge in [-0.05, 0) is 45.6 Å². The number of carboxylic acid groups (broad SMARTS) is 1. The summed E-state index contributed by atoms with van der Waals surface area (Å²) in [5.74, 6) is -2.94. The molecular formula is C18H35N5O5. The monoisotopic (exact) mass is 401 g/mol. The van der Waals surface area contributed by atoms with Crippen LogP contribution in [-0.4, -0.2) is 59.5 Å². The van der Waals surface area contributed by atoms with Crippen molar-refractivity contribution in [2.24, 2.45) is 17.4 Å². The van der Waals surface area contributed by atoms with Crippen molar-refractivity contribution in [3.05, 3.63) is 0 Å². The van der Waals surface area contributed by atoms with Crippen LogP contribution >= 0.6 is 0 Å². The lowest BCUT2D eigenvalue weighted by molar-refractivity contribution is -0.142. The van der Waals surface area contributed by atoms with Crippen molar-refractivity contribution in [2.75, 3.05) is 6.54 Å². The number of nitrogens with one attached hydrogen (secondary N) is 3. The van der Waals surface area contributed by atoms with Gasteiger partial charge < -0.3 is 32.5 Å². The molecule has 0 aromatic rings. The summed E-state index contributed by atoms with van der Waals surface area (Å²) < 4.78 is 0. The van der Waals surface area contributed by atoms with E-state index in [1.807, 2.05) is 6.92 Å². The molecule has 5 unspecified atom stereocenters. The molecule has 0 aliphatic rings. The average molecular weight is 402 g/mol. The Kier molecular flexibility index (Phi) is 12.0. The Balaban J connectivity index is 4.94. The molecule has 0 aliphatic carbocycles. The molecule has 0 aliphatic heterocycles. The van der Waals surface area contributed by atoms with Crippen LogP contribution in [0.2, 0.25) is 0 Å². The molecule has 162 valence electrons. The molecule has 0 saturated carbocycles. The number of amides is 3. The zero-order valence-electron chi connectivity index (χ0n) is 17.2. The van der Waals surface area contributed by atoms with Gasteiger partial charge in [0.2, 0.25) is 17.7 Å². The molecule has 0 fully saturated rings. The fraction of sp³-hybridized carbons (Fsp3) is 0.778. The molecule has 0 saturated heterocycles. The van der Waals surface area contributed by atoms with Gasteiger partial charge in [-0.3, -0.25) is 14.4 Å². The summed E-state index contributed by atoms with van der Waals surface area (Å²) >= 11 is 0. The second kappa shape index (κ2) is 13.1. The third-order valence-corrected chi connectivity index (χ3v) is 4.52. The van der Waals surface area contributed by atoms with E-state index in [9.17, 15) is 24.3 Å². The maximum Gasteiger partial charge on any atom is 0.326 e. The van der Waals surface area contributed by atoms with Crippen LogP contribution in [0, 0.1) is 5.92 Å². The molecule has 10 nitrogen and oxygen atoms in total. The summed E-state index contributed by atoms with van der Waals surface area (Å²) in [4.78, 5) is 48.0. The first kappa shape index (κ1) is 25.8. The Morgan fingerprint density at radius 3 is 2.00 bits per heavy atom. The molecule has 0 spiro atoms. The molecule has 0 rings (SSSR count). The number of unbranched alkanes of at least 4 members (excludes halogenated alkanes) is 1. The van der Waals surface area contributed by atoms with Gasteiger partial charge in [0.15, 0.2) is 0 Å². The molecule has 3 amide bonds. The van der Waals surface area contributed by atoms with Crippen LogP contribution in [0.25, 0.3) is 0 Å². The summed E-state index contributed by atoms with van der Waals surface area (Å²) in [5, 5.41) is 16.8. The van der Waals surface area contributed by atoms with Crippen molar-refractivity contribution in [3.63, 3.8) is 0 Å². The third kappa shape index (κ3) is 9.14. The Morgan fingerprint density at radius 1 is 0.929 bits per heavy atom. The topological polar surface area (TPSA) is 177 Å². The van der Waals surface area contributed by atoms with E-state index >= 15 is 0 Å². The molecule has 0 radical (unpaired) electrons. The van der Waals surface area contributed by atoms with Crippen LogP contribution in [-0.2, 0) is 19.2 Å². The molecule has 0 aromatic carbocycles. The molecule has 0 bridgehead atoms. The Morgan fingerprint density at radius 2 is 1.54 bits per heavy atom. The molecule has 10 heteroatoms. The highest BCUT2D eigenvalue weighted by Gasteiger charge is 2.30. The maximum absolute atomic E-state index is 12.6. The van der Waals surface area contributed by atoms with Gasteiger partial charge in [-0.1, -0.05) is 20.3 Å². The number of carbonyl (C=O) groups is 4. The Hall–Kier alpha value is -2.20. The molecule has 5 atom stereocenters. The molecule has 8 N–H and O–H groups in total. The molecular weight excluding hydrogens is 366 g/mol. The van der Waals surface area contributed by atoms with Gasteiger partial charge in [0.05, 0.1) is 6.04 Å². The lowest BCUT2D eigenvalue weighted by Gasteiger charge is -2.26. The second-order valence-corrected chi connectivity index (χ2v) is 7.07. The van der Waals surface area contributed by atoms with Crippen LogP contribution in [0.5, 0.6) is 0 Å². The van der Waals surface area contributed by atoms with Crippen molar-refractivity contribution < 1.29 is 24.3 Å². The van der Waals surface area contributed by atoms with E-state index in [0.717, 1.165) is 0 Å². The number of carboxylic acids is 1. The number of nitrogens with two attached hydrogens (primary N) is 2. The minimum absolute atomic E-state index is 0.180. The van der Waals surface area contributed by atoms with Crippen molar-refractivity contribution >= 4 is 23.7 Å². The van der Waals surface area contributed by atoms with Crippen LogP contribution < -0.4 is 27.4 Å². The van der Waals surface area contributed by atoms with Gasteiger partial charge >= 0.3 is 5.97 Å². The minimum atomic E-state index is -1.15. The predicted molar refractivity (Wildman–Crippen MR) is 105 cm³/mol. The minimum Gasteiger partial charge on any atom is -0.480 e. The van der Waals surface area contributed by atoms with Gasteiger partial charge in [-0.15, -0.1) is 0 Å². The summed E-state index contributed by atoms with van der Waals surface area (Å²) in [5.41, 5.74) is 10.9. The van der Waals surface area contributed by atoms with Gasteiger partial charge in [-0.2, -0.15) is 0 Å². The van der Waals surface area contributed by atoms with Crippen molar-refractivity contribution in [1.29, 1.82) is 0 Å². The number of hydrogen-bond donors (Lipinski definition) is 6. The Labute approximate surface area is 166 Å². The predicted octanol–water partition coefficient (Wildman–Crippen LogP) is -0.932. The largest absolute Gasteiger partial charge is 0.480 e. The van der Waals surface area contributed by atoms with Crippen LogP contribution in [0.15, 0.2) is 0 Å². The first-order valence-corrected chi connectivity index (χ1v) is 9.64. The number of carbonyl (C=O) groups excluding carboxylic acids is 3. The van der Waals surface area contributed by atoms with Crippen LogP contribution in [0.1, 0.15) is 53.4 Å². The van der Waals surface area contributed by atoms with E-state index in [2.05, 4.69) is 16.0 Å². The summed E-state index contributed by atoms with van der Waals surface area (Å²) in [7, 11) is 0. The zero-order chi connectivity index (χ0) is 21.9.